The molecule has 0 fully saturated rings. The molecule has 60 valence electrons. The van der Waals surface area contributed by atoms with Crippen LogP contribution < -0.4 is 5.73 Å². The number of carbonyl (C=O) groups excluding carboxylic acids is 1. The van der Waals surface area contributed by atoms with E-state index in [1.54, 1.807) is 0 Å². The van der Waals surface area contributed by atoms with Gasteiger partial charge in [-0.15, -0.1) is 0 Å². The van der Waals surface area contributed by atoms with Crippen molar-refractivity contribution < 1.29 is 23.7 Å². The largest absolute Gasteiger partial charge is 0.469 e. The molecule has 6 nitrogen and oxygen atoms in total. The van der Waals surface area contributed by atoms with Crippen LogP contribution in [0.5, 0.6) is 0 Å². The summed E-state index contributed by atoms with van der Waals surface area (Å²) in [7, 11) is -4.47. The molecule has 0 aromatic heterocycles. The summed E-state index contributed by atoms with van der Waals surface area (Å²) < 4.78 is 13.8. The van der Waals surface area contributed by atoms with Gasteiger partial charge >= 0.3 is 7.82 Å². The van der Waals surface area contributed by atoms with E-state index in [-0.39, 0.29) is 0 Å². The monoisotopic (exact) mass is 169 g/mol. The van der Waals surface area contributed by atoms with Gasteiger partial charge in [-0.25, -0.2) is 4.57 Å². The smallest absolute Gasteiger partial charge is 0.320 e. The van der Waals surface area contributed by atoms with Crippen molar-refractivity contribution in [3.8, 4) is 0 Å². The van der Waals surface area contributed by atoms with E-state index in [1.165, 1.54) is 0 Å². The molecule has 0 saturated heterocycles. The van der Waals surface area contributed by atoms with Crippen LogP contribution in [0, 0.1) is 0 Å². The van der Waals surface area contributed by atoms with Crippen LogP contribution in [-0.4, -0.2) is 28.7 Å². The van der Waals surface area contributed by atoms with Gasteiger partial charge in [0.2, 0.25) is 0 Å². The molecule has 10 heavy (non-hydrogen) atoms. The molecule has 0 aromatic carbocycles. The molecule has 1 atom stereocenters. The van der Waals surface area contributed by atoms with Crippen molar-refractivity contribution in [1.82, 2.24) is 0 Å². The molecule has 0 saturated carbocycles. The molecule has 4 N–H and O–H groups in total. The Kier molecular flexibility index (Phi) is 3.70. The van der Waals surface area contributed by atoms with Crippen molar-refractivity contribution in [2.24, 2.45) is 5.73 Å². The second-order valence-electron chi connectivity index (χ2n) is 1.59. The Bertz CT molecular complexity index is 153. The average molecular weight is 169 g/mol. The van der Waals surface area contributed by atoms with Crippen LogP contribution in [0.15, 0.2) is 0 Å². The fourth-order valence-corrected chi connectivity index (χ4v) is 0.589. The van der Waals surface area contributed by atoms with Crippen molar-refractivity contribution >= 4 is 14.1 Å². The lowest BCUT2D eigenvalue weighted by atomic mass is 10.4. The minimum Gasteiger partial charge on any atom is -0.320 e. The molecule has 0 aromatic rings. The van der Waals surface area contributed by atoms with E-state index < -0.39 is 20.5 Å². The second kappa shape index (κ2) is 3.80. The third kappa shape index (κ3) is 5.87. The molecule has 0 aliphatic heterocycles. The SMILES string of the molecule is NC(C=O)COP(=O)(O)O. The van der Waals surface area contributed by atoms with Crippen molar-refractivity contribution in [1.29, 1.82) is 0 Å². The van der Waals surface area contributed by atoms with E-state index in [9.17, 15) is 9.36 Å². The summed E-state index contributed by atoms with van der Waals surface area (Å²) in [6.45, 7) is -0.465. The Morgan fingerprint density at radius 3 is 2.50 bits per heavy atom. The van der Waals surface area contributed by atoms with E-state index in [0.29, 0.717) is 6.29 Å². The highest BCUT2D eigenvalue weighted by molar-refractivity contribution is 7.46. The Morgan fingerprint density at radius 1 is 1.70 bits per heavy atom. The van der Waals surface area contributed by atoms with Crippen LogP contribution in [0.3, 0.4) is 0 Å². The summed E-state index contributed by atoms with van der Waals surface area (Å²) in [5, 5.41) is 0. The Balaban J connectivity index is 3.55. The van der Waals surface area contributed by atoms with E-state index in [4.69, 9.17) is 15.5 Å². The number of rotatable bonds is 4. The van der Waals surface area contributed by atoms with Gasteiger partial charge in [0.05, 0.1) is 12.6 Å². The molecule has 0 bridgehead atoms. The van der Waals surface area contributed by atoms with Crippen LogP contribution >= 0.6 is 7.82 Å². The predicted octanol–water partition coefficient (Wildman–Crippen LogP) is -1.38. The van der Waals surface area contributed by atoms with Crippen molar-refractivity contribution in [3.05, 3.63) is 0 Å². The maximum Gasteiger partial charge on any atom is 0.469 e. The number of carbonyl (C=O) groups is 1. The maximum absolute atomic E-state index is 9.95. The van der Waals surface area contributed by atoms with Gasteiger partial charge in [0.1, 0.15) is 6.29 Å². The molecule has 7 heteroatoms. The zero-order chi connectivity index (χ0) is 8.20. The fraction of sp³-hybridized carbons (Fsp3) is 0.667. The number of aldehydes is 1. The van der Waals surface area contributed by atoms with Crippen LogP contribution in [0.2, 0.25) is 0 Å². The number of hydrogen-bond donors (Lipinski definition) is 3. The third-order valence-corrected chi connectivity index (χ3v) is 1.10. The summed E-state index contributed by atoms with van der Waals surface area (Å²) >= 11 is 0. The average Bonchev–Trinajstić information content (AvgIpc) is 1.81. The summed E-state index contributed by atoms with van der Waals surface area (Å²) in [6.07, 6.45) is 0.343. The summed E-state index contributed by atoms with van der Waals surface area (Å²) in [5.74, 6) is 0. The first-order chi connectivity index (χ1) is 4.45. The van der Waals surface area contributed by atoms with Gasteiger partial charge in [0, 0.05) is 0 Å². The van der Waals surface area contributed by atoms with Crippen molar-refractivity contribution in [2.75, 3.05) is 6.61 Å². The Labute approximate surface area is 57.2 Å². The zero-order valence-corrected chi connectivity index (χ0v) is 5.90. The lowest BCUT2D eigenvalue weighted by molar-refractivity contribution is -0.109. The predicted molar refractivity (Wildman–Crippen MR) is 32.0 cm³/mol. The van der Waals surface area contributed by atoms with Gasteiger partial charge in [0.15, 0.2) is 0 Å². The van der Waals surface area contributed by atoms with Gasteiger partial charge in [-0.3, -0.25) is 4.52 Å². The maximum atomic E-state index is 9.95. The second-order valence-corrected chi connectivity index (χ2v) is 2.83. The molecular formula is C3H8NO5P. The van der Waals surface area contributed by atoms with Gasteiger partial charge < -0.3 is 20.3 Å². The van der Waals surface area contributed by atoms with Crippen molar-refractivity contribution in [3.63, 3.8) is 0 Å². The van der Waals surface area contributed by atoms with Gasteiger partial charge in [-0.1, -0.05) is 0 Å². The summed E-state index contributed by atoms with van der Waals surface area (Å²) in [5.41, 5.74) is 4.94. The zero-order valence-electron chi connectivity index (χ0n) is 5.01. The van der Waals surface area contributed by atoms with Gasteiger partial charge in [-0.2, -0.15) is 0 Å². The standard InChI is InChI=1S/C3H8NO5P/c4-3(1-5)2-9-10(6,7)8/h1,3H,2,4H2,(H2,6,7,8). The molecular weight excluding hydrogens is 161 g/mol. The lowest BCUT2D eigenvalue weighted by Crippen LogP contribution is -2.26. The van der Waals surface area contributed by atoms with Crippen LogP contribution in [-0.2, 0) is 13.9 Å². The first kappa shape index (κ1) is 9.74. The lowest BCUT2D eigenvalue weighted by Gasteiger charge is -2.05. The molecule has 1 unspecified atom stereocenters. The summed E-state index contributed by atoms with van der Waals surface area (Å²) in [4.78, 5) is 25.9. The van der Waals surface area contributed by atoms with Gasteiger partial charge in [-0.05, 0) is 0 Å². The minimum absolute atomic E-state index is 0.343. The number of phosphoric ester groups is 1. The molecule has 0 aliphatic carbocycles. The highest BCUT2D eigenvalue weighted by Gasteiger charge is 2.15. The van der Waals surface area contributed by atoms with E-state index in [1.807, 2.05) is 0 Å². The topological polar surface area (TPSA) is 110 Å². The number of nitrogens with two attached hydrogens (primary N) is 1. The molecule has 0 heterocycles. The van der Waals surface area contributed by atoms with Crippen LogP contribution in [0.4, 0.5) is 0 Å². The normalized spacial score (nSPS) is 14.7. The Hall–Kier alpha value is -0.260. The first-order valence-corrected chi connectivity index (χ1v) is 3.89. The van der Waals surface area contributed by atoms with Crippen LogP contribution in [0.1, 0.15) is 0 Å². The Morgan fingerprint density at radius 2 is 2.20 bits per heavy atom. The first-order valence-electron chi connectivity index (χ1n) is 2.36. The molecule has 0 aliphatic rings. The molecule has 0 rings (SSSR count). The van der Waals surface area contributed by atoms with E-state index >= 15 is 0 Å². The number of hydrogen-bond acceptors (Lipinski definition) is 4. The molecule has 0 spiro atoms. The van der Waals surface area contributed by atoms with Crippen LogP contribution in [0.25, 0.3) is 0 Å². The van der Waals surface area contributed by atoms with E-state index in [0.717, 1.165) is 0 Å². The third-order valence-electron chi connectivity index (χ3n) is 0.610. The highest BCUT2D eigenvalue weighted by atomic mass is 31.2. The number of phosphoric acid groups is 1. The quantitative estimate of drug-likeness (QED) is 0.353. The minimum atomic E-state index is -4.47. The van der Waals surface area contributed by atoms with Gasteiger partial charge in [0.25, 0.3) is 0 Å². The summed E-state index contributed by atoms with van der Waals surface area (Å²) in [6, 6.07) is -0.979. The molecule has 0 radical (unpaired) electrons. The molecule has 0 amide bonds. The van der Waals surface area contributed by atoms with Crippen molar-refractivity contribution in [2.45, 2.75) is 6.04 Å². The van der Waals surface area contributed by atoms with E-state index in [2.05, 4.69) is 4.52 Å². The highest BCUT2D eigenvalue weighted by Crippen LogP contribution is 2.35. The fourth-order valence-electron chi connectivity index (χ4n) is 0.222.